The van der Waals surface area contributed by atoms with Crippen molar-refractivity contribution in [1.82, 2.24) is 0 Å². The van der Waals surface area contributed by atoms with Crippen LogP contribution in [0.5, 0.6) is 0 Å². The number of Topliss-reactive ketones (excluding diaryl/α,β-unsaturated/α-hetero) is 2. The van der Waals surface area contributed by atoms with Crippen LogP contribution in [-0.2, 0) is 6.42 Å². The second-order valence-electron chi connectivity index (χ2n) is 5.23. The van der Waals surface area contributed by atoms with Crippen LogP contribution in [0.3, 0.4) is 0 Å². The lowest BCUT2D eigenvalue weighted by Gasteiger charge is -2.04. The molecule has 0 fully saturated rings. The zero-order valence-electron chi connectivity index (χ0n) is 11.7. The van der Waals surface area contributed by atoms with Gasteiger partial charge in [0.2, 0.25) is 0 Å². The quantitative estimate of drug-likeness (QED) is 0.770. The van der Waals surface area contributed by atoms with Crippen LogP contribution in [0.15, 0.2) is 54.6 Å². The van der Waals surface area contributed by atoms with Crippen molar-refractivity contribution < 1.29 is 9.59 Å². The maximum atomic E-state index is 12.2. The molecule has 0 unspecified atom stereocenters. The van der Waals surface area contributed by atoms with Gasteiger partial charge in [-0.2, -0.15) is 0 Å². The van der Waals surface area contributed by atoms with E-state index in [0.717, 1.165) is 12.0 Å². The molecule has 2 nitrogen and oxygen atoms in total. The molecule has 0 spiro atoms. The van der Waals surface area contributed by atoms with Crippen LogP contribution >= 0.6 is 0 Å². The summed E-state index contributed by atoms with van der Waals surface area (Å²) in [7, 11) is 0. The van der Waals surface area contributed by atoms with Crippen LogP contribution < -0.4 is 0 Å². The molecule has 0 atom stereocenters. The minimum atomic E-state index is 0.0185. The lowest BCUT2D eigenvalue weighted by Crippen LogP contribution is -2.05. The molecule has 104 valence electrons. The van der Waals surface area contributed by atoms with Gasteiger partial charge in [-0.1, -0.05) is 54.6 Å². The van der Waals surface area contributed by atoms with Gasteiger partial charge in [0.05, 0.1) is 0 Å². The molecule has 0 saturated carbocycles. The summed E-state index contributed by atoms with van der Waals surface area (Å²) in [6, 6.07) is 14.9. The van der Waals surface area contributed by atoms with E-state index in [-0.39, 0.29) is 24.4 Å². The minimum Gasteiger partial charge on any atom is -0.294 e. The molecule has 21 heavy (non-hydrogen) atoms. The van der Waals surface area contributed by atoms with Crippen molar-refractivity contribution >= 4 is 17.6 Å². The zero-order valence-corrected chi connectivity index (χ0v) is 11.7. The van der Waals surface area contributed by atoms with E-state index in [0.29, 0.717) is 11.1 Å². The number of rotatable bonds is 5. The Bertz CT molecular complexity index is 712. The first-order valence-electron chi connectivity index (χ1n) is 7.15. The van der Waals surface area contributed by atoms with Crippen LogP contribution in [0.25, 0.3) is 6.08 Å². The fourth-order valence-corrected chi connectivity index (χ4v) is 2.56. The van der Waals surface area contributed by atoms with E-state index >= 15 is 0 Å². The molecule has 2 aromatic rings. The van der Waals surface area contributed by atoms with Gasteiger partial charge in [0, 0.05) is 24.0 Å². The predicted molar refractivity (Wildman–Crippen MR) is 83.5 cm³/mol. The standard InChI is InChI=1S/C19H16O2/c20-18(15-5-2-1-3-6-15)11-12-19(21)17-10-9-14-7-4-8-16(14)13-17/h1-6,8-10,13H,7,11-12H2. The first kappa shape index (κ1) is 13.5. The molecule has 0 amide bonds. The summed E-state index contributed by atoms with van der Waals surface area (Å²) in [6.07, 6.45) is 5.60. The highest BCUT2D eigenvalue weighted by Crippen LogP contribution is 2.21. The first-order chi connectivity index (χ1) is 10.2. The molecule has 1 aliphatic carbocycles. The summed E-state index contributed by atoms with van der Waals surface area (Å²) < 4.78 is 0. The fourth-order valence-electron chi connectivity index (χ4n) is 2.56. The van der Waals surface area contributed by atoms with E-state index in [2.05, 4.69) is 6.08 Å². The van der Waals surface area contributed by atoms with Crippen molar-refractivity contribution in [3.8, 4) is 0 Å². The normalized spacial score (nSPS) is 12.2. The van der Waals surface area contributed by atoms with Crippen LogP contribution in [0, 0.1) is 0 Å². The highest BCUT2D eigenvalue weighted by Gasteiger charge is 2.13. The number of benzene rings is 2. The molecule has 0 bridgehead atoms. The molecular weight excluding hydrogens is 260 g/mol. The van der Waals surface area contributed by atoms with Gasteiger partial charge >= 0.3 is 0 Å². The van der Waals surface area contributed by atoms with Crippen LogP contribution in [0.2, 0.25) is 0 Å². The van der Waals surface area contributed by atoms with Gasteiger partial charge in [-0.05, 0) is 23.6 Å². The topological polar surface area (TPSA) is 34.1 Å². The average Bonchev–Trinajstić information content (AvgIpc) is 3.00. The molecule has 2 aromatic carbocycles. The lowest BCUT2D eigenvalue weighted by atomic mass is 9.99. The Kier molecular flexibility index (Phi) is 3.78. The lowest BCUT2D eigenvalue weighted by molar-refractivity contribution is 0.0917. The van der Waals surface area contributed by atoms with Gasteiger partial charge in [-0.15, -0.1) is 0 Å². The SMILES string of the molecule is O=C(CCC(=O)c1ccc2c(c1)C=CC2)c1ccccc1. The highest BCUT2D eigenvalue weighted by atomic mass is 16.1. The number of hydrogen-bond acceptors (Lipinski definition) is 2. The van der Waals surface area contributed by atoms with E-state index in [1.165, 1.54) is 5.56 Å². The maximum absolute atomic E-state index is 12.2. The number of hydrogen-bond donors (Lipinski definition) is 0. The molecule has 2 heteroatoms. The Morgan fingerprint density at radius 2 is 1.57 bits per heavy atom. The Hall–Kier alpha value is -2.48. The van der Waals surface area contributed by atoms with Crippen molar-refractivity contribution in [3.63, 3.8) is 0 Å². The molecular formula is C19H16O2. The smallest absolute Gasteiger partial charge is 0.163 e. The zero-order chi connectivity index (χ0) is 14.7. The van der Waals surface area contributed by atoms with E-state index < -0.39 is 0 Å². The summed E-state index contributed by atoms with van der Waals surface area (Å²) in [6.45, 7) is 0. The van der Waals surface area contributed by atoms with Crippen molar-refractivity contribution in [2.24, 2.45) is 0 Å². The monoisotopic (exact) mass is 276 g/mol. The van der Waals surface area contributed by atoms with Crippen LogP contribution in [-0.4, -0.2) is 11.6 Å². The number of fused-ring (bicyclic) bond motifs is 1. The summed E-state index contributed by atoms with van der Waals surface area (Å²) >= 11 is 0. The van der Waals surface area contributed by atoms with Crippen molar-refractivity contribution in [1.29, 1.82) is 0 Å². The Morgan fingerprint density at radius 1 is 0.857 bits per heavy atom. The first-order valence-corrected chi connectivity index (χ1v) is 7.15. The number of carbonyl (C=O) groups is 2. The van der Waals surface area contributed by atoms with E-state index in [9.17, 15) is 9.59 Å². The molecule has 0 N–H and O–H groups in total. The number of ketones is 2. The van der Waals surface area contributed by atoms with E-state index in [1.54, 1.807) is 12.1 Å². The highest BCUT2D eigenvalue weighted by molar-refractivity contribution is 6.02. The fraction of sp³-hybridized carbons (Fsp3) is 0.158. The van der Waals surface area contributed by atoms with Gasteiger partial charge in [0.25, 0.3) is 0 Å². The minimum absolute atomic E-state index is 0.0185. The molecule has 0 aromatic heterocycles. The Balaban J connectivity index is 1.64. The largest absolute Gasteiger partial charge is 0.294 e. The maximum Gasteiger partial charge on any atom is 0.163 e. The van der Waals surface area contributed by atoms with Gasteiger partial charge in [-0.3, -0.25) is 9.59 Å². The van der Waals surface area contributed by atoms with Gasteiger partial charge < -0.3 is 0 Å². The molecule has 0 aliphatic heterocycles. The van der Waals surface area contributed by atoms with Gasteiger partial charge in [0.15, 0.2) is 11.6 Å². The van der Waals surface area contributed by atoms with Gasteiger partial charge in [-0.25, -0.2) is 0 Å². The van der Waals surface area contributed by atoms with Crippen molar-refractivity contribution in [3.05, 3.63) is 76.9 Å². The Morgan fingerprint density at radius 3 is 2.33 bits per heavy atom. The van der Waals surface area contributed by atoms with Crippen molar-refractivity contribution in [2.75, 3.05) is 0 Å². The summed E-state index contributed by atoms with van der Waals surface area (Å²) in [5.74, 6) is 0.0485. The third-order valence-corrected chi connectivity index (χ3v) is 3.78. The third-order valence-electron chi connectivity index (χ3n) is 3.78. The summed E-state index contributed by atoms with van der Waals surface area (Å²) in [5, 5.41) is 0. The molecule has 0 heterocycles. The molecule has 0 saturated heterocycles. The molecule has 3 rings (SSSR count). The molecule has 0 radical (unpaired) electrons. The van der Waals surface area contributed by atoms with Crippen molar-refractivity contribution in [2.45, 2.75) is 19.3 Å². The van der Waals surface area contributed by atoms with Gasteiger partial charge in [0.1, 0.15) is 0 Å². The average molecular weight is 276 g/mol. The second-order valence-corrected chi connectivity index (χ2v) is 5.23. The predicted octanol–water partition coefficient (Wildman–Crippen LogP) is 4.10. The van der Waals surface area contributed by atoms with E-state index in [1.807, 2.05) is 42.5 Å². The summed E-state index contributed by atoms with van der Waals surface area (Å²) in [5.41, 5.74) is 3.74. The number of allylic oxidation sites excluding steroid dienone is 1. The summed E-state index contributed by atoms with van der Waals surface area (Å²) in [4.78, 5) is 24.2. The second kappa shape index (κ2) is 5.88. The third kappa shape index (κ3) is 3.00. The molecule has 1 aliphatic rings. The number of carbonyl (C=O) groups excluding carboxylic acids is 2. The van der Waals surface area contributed by atoms with E-state index in [4.69, 9.17) is 0 Å². The van der Waals surface area contributed by atoms with Crippen LogP contribution in [0.4, 0.5) is 0 Å². The Labute approximate surface area is 124 Å². The van der Waals surface area contributed by atoms with Crippen LogP contribution in [0.1, 0.15) is 44.7 Å².